The van der Waals surface area contributed by atoms with E-state index in [2.05, 4.69) is 26.1 Å². The molecule has 4 heteroatoms. The number of carbonyl (C=O) groups is 1. The normalized spacial score (nSPS) is 17.4. The molecule has 0 amide bonds. The molecule has 2 N–H and O–H groups in total. The molecule has 0 saturated carbocycles. The van der Waals surface area contributed by atoms with Crippen molar-refractivity contribution in [3.05, 3.63) is 0 Å². The van der Waals surface area contributed by atoms with Crippen LogP contribution in [0.1, 0.15) is 59.3 Å². The van der Waals surface area contributed by atoms with Gasteiger partial charge in [0.15, 0.2) is 0 Å². The zero-order valence-corrected chi connectivity index (χ0v) is 11.4. The number of carboxylic acids is 1. The van der Waals surface area contributed by atoms with Gasteiger partial charge in [-0.05, 0) is 20.3 Å². The fourth-order valence-corrected chi connectivity index (χ4v) is 1.48. The summed E-state index contributed by atoms with van der Waals surface area (Å²) in [5, 5.41) is 11.4. The average Bonchev–Trinajstić information content (AvgIpc) is 2.63. The molecule has 1 heterocycles. The molecule has 0 radical (unpaired) electrons. The van der Waals surface area contributed by atoms with Crippen molar-refractivity contribution in [2.24, 2.45) is 0 Å². The second kappa shape index (κ2) is 9.42. The van der Waals surface area contributed by atoms with Gasteiger partial charge in [0.1, 0.15) is 0 Å². The summed E-state index contributed by atoms with van der Waals surface area (Å²) in [6.07, 6.45) is 5.88. The lowest BCUT2D eigenvalue weighted by molar-refractivity contribution is -0.137. The van der Waals surface area contributed by atoms with Crippen molar-refractivity contribution in [3.63, 3.8) is 0 Å². The van der Waals surface area contributed by atoms with Crippen LogP contribution in [0.3, 0.4) is 0 Å². The van der Waals surface area contributed by atoms with Crippen LogP contribution in [0.5, 0.6) is 0 Å². The minimum atomic E-state index is -0.670. The maximum absolute atomic E-state index is 10.0. The van der Waals surface area contributed by atoms with Gasteiger partial charge in [-0.2, -0.15) is 0 Å². The molecule has 0 aromatic heterocycles. The number of unbranched alkanes of at least 4 members (excludes halogenated alkanes) is 4. The van der Waals surface area contributed by atoms with Gasteiger partial charge in [0, 0.05) is 12.0 Å². The Kier molecular flexibility index (Phi) is 9.09. The number of carboxylic acid groups (broad SMARTS) is 1. The summed E-state index contributed by atoms with van der Waals surface area (Å²) < 4.78 is 5.05. The molecule has 0 atom stereocenters. The molecule has 0 aliphatic carbocycles. The van der Waals surface area contributed by atoms with Crippen molar-refractivity contribution in [2.45, 2.75) is 64.8 Å². The molecule has 0 aromatic rings. The summed E-state index contributed by atoms with van der Waals surface area (Å²) in [7, 11) is 0. The first-order valence-corrected chi connectivity index (χ1v) is 6.52. The Bertz CT molecular complexity index is 197. The molecule has 1 rings (SSSR count). The van der Waals surface area contributed by atoms with E-state index in [-0.39, 0.29) is 5.54 Å². The van der Waals surface area contributed by atoms with Gasteiger partial charge in [-0.25, -0.2) is 0 Å². The smallest absolute Gasteiger partial charge is 0.303 e. The zero-order chi connectivity index (χ0) is 13.1. The molecule has 0 aromatic carbocycles. The van der Waals surface area contributed by atoms with E-state index in [4.69, 9.17) is 9.84 Å². The van der Waals surface area contributed by atoms with Crippen LogP contribution in [0.4, 0.5) is 0 Å². The van der Waals surface area contributed by atoms with Gasteiger partial charge in [-0.3, -0.25) is 10.1 Å². The van der Waals surface area contributed by atoms with Gasteiger partial charge in [0.05, 0.1) is 13.3 Å². The van der Waals surface area contributed by atoms with Crippen molar-refractivity contribution in [1.29, 1.82) is 0 Å². The highest BCUT2D eigenvalue weighted by Gasteiger charge is 2.21. The van der Waals surface area contributed by atoms with Gasteiger partial charge < -0.3 is 9.84 Å². The monoisotopic (exact) mass is 245 g/mol. The first-order valence-electron chi connectivity index (χ1n) is 6.52. The lowest BCUT2D eigenvalue weighted by Gasteiger charge is -2.12. The quantitative estimate of drug-likeness (QED) is 0.706. The van der Waals surface area contributed by atoms with Crippen LogP contribution in [-0.4, -0.2) is 30.0 Å². The summed E-state index contributed by atoms with van der Waals surface area (Å²) >= 11 is 0. The van der Waals surface area contributed by atoms with E-state index in [0.29, 0.717) is 13.2 Å². The molecule has 17 heavy (non-hydrogen) atoms. The fraction of sp³-hybridized carbons (Fsp3) is 0.923. The van der Waals surface area contributed by atoms with E-state index in [1.54, 1.807) is 0 Å². The molecule has 102 valence electrons. The minimum absolute atomic E-state index is 0.222. The molecular weight excluding hydrogens is 218 g/mol. The maximum atomic E-state index is 10.0. The topological polar surface area (TPSA) is 58.6 Å². The van der Waals surface area contributed by atoms with E-state index < -0.39 is 5.97 Å². The van der Waals surface area contributed by atoms with E-state index in [9.17, 15) is 4.79 Å². The van der Waals surface area contributed by atoms with Crippen molar-refractivity contribution < 1.29 is 14.6 Å². The highest BCUT2D eigenvalue weighted by atomic mass is 16.5. The first-order chi connectivity index (χ1) is 7.98. The minimum Gasteiger partial charge on any atom is -0.481 e. The van der Waals surface area contributed by atoms with E-state index in [1.165, 1.54) is 19.3 Å². The van der Waals surface area contributed by atoms with E-state index >= 15 is 0 Å². The van der Waals surface area contributed by atoms with Crippen LogP contribution in [0.15, 0.2) is 0 Å². The SMILES string of the molecule is CC1(C)COCN1.CCCCCCCC(=O)O. The lowest BCUT2D eigenvalue weighted by atomic mass is 10.1. The van der Waals surface area contributed by atoms with Gasteiger partial charge in [-0.1, -0.05) is 32.6 Å². The van der Waals surface area contributed by atoms with E-state index in [0.717, 1.165) is 19.4 Å². The Morgan fingerprint density at radius 3 is 2.29 bits per heavy atom. The molecule has 0 bridgehead atoms. The first kappa shape index (κ1) is 16.4. The van der Waals surface area contributed by atoms with Crippen molar-refractivity contribution >= 4 is 5.97 Å². The molecule has 1 fully saturated rings. The standard InChI is InChI=1S/C8H16O2.C5H11NO/c1-2-3-4-5-6-7-8(9)10;1-5(2)3-7-4-6-5/h2-7H2,1H3,(H,9,10);6H,3-4H2,1-2H3. The number of hydrogen-bond acceptors (Lipinski definition) is 3. The Hall–Kier alpha value is -0.610. The Morgan fingerprint density at radius 1 is 1.29 bits per heavy atom. The van der Waals surface area contributed by atoms with Crippen molar-refractivity contribution in [2.75, 3.05) is 13.3 Å². The van der Waals surface area contributed by atoms with Crippen molar-refractivity contribution in [3.8, 4) is 0 Å². The molecule has 1 saturated heterocycles. The van der Waals surface area contributed by atoms with Crippen LogP contribution < -0.4 is 5.32 Å². The number of ether oxygens (including phenoxy) is 1. The molecule has 4 nitrogen and oxygen atoms in total. The summed E-state index contributed by atoms with van der Waals surface area (Å²) in [6, 6.07) is 0. The Balaban J connectivity index is 0.000000318. The Morgan fingerprint density at radius 2 is 1.94 bits per heavy atom. The highest BCUT2D eigenvalue weighted by molar-refractivity contribution is 5.66. The average molecular weight is 245 g/mol. The predicted octanol–water partition coefficient (Wildman–Crippen LogP) is 2.77. The maximum Gasteiger partial charge on any atom is 0.303 e. The third-order valence-electron chi connectivity index (χ3n) is 2.61. The van der Waals surface area contributed by atoms with Crippen LogP contribution in [0.2, 0.25) is 0 Å². The summed E-state index contributed by atoms with van der Waals surface area (Å²) in [5.41, 5.74) is 0.222. The van der Waals surface area contributed by atoms with Gasteiger partial charge >= 0.3 is 5.97 Å². The lowest BCUT2D eigenvalue weighted by Crippen LogP contribution is -2.34. The Labute approximate surface area is 105 Å². The van der Waals surface area contributed by atoms with Gasteiger partial charge in [0.25, 0.3) is 0 Å². The summed E-state index contributed by atoms with van der Waals surface area (Å²) in [4.78, 5) is 10.0. The summed E-state index contributed by atoms with van der Waals surface area (Å²) in [5.74, 6) is -0.670. The fourth-order valence-electron chi connectivity index (χ4n) is 1.48. The largest absolute Gasteiger partial charge is 0.481 e. The van der Waals surface area contributed by atoms with Crippen LogP contribution in [0.25, 0.3) is 0 Å². The third-order valence-corrected chi connectivity index (χ3v) is 2.61. The summed E-state index contributed by atoms with van der Waals surface area (Å²) in [6.45, 7) is 7.96. The number of hydrogen-bond donors (Lipinski definition) is 2. The van der Waals surface area contributed by atoms with Crippen LogP contribution in [0, 0.1) is 0 Å². The highest BCUT2D eigenvalue weighted by Crippen LogP contribution is 2.06. The zero-order valence-electron chi connectivity index (χ0n) is 11.4. The van der Waals surface area contributed by atoms with Crippen LogP contribution in [-0.2, 0) is 9.53 Å². The molecule has 1 aliphatic heterocycles. The van der Waals surface area contributed by atoms with Crippen molar-refractivity contribution in [1.82, 2.24) is 5.32 Å². The number of nitrogens with one attached hydrogen (secondary N) is 1. The van der Waals surface area contributed by atoms with Crippen LogP contribution >= 0.6 is 0 Å². The molecular formula is C13H27NO3. The second-order valence-electron chi connectivity index (χ2n) is 5.11. The third kappa shape index (κ3) is 11.6. The second-order valence-corrected chi connectivity index (χ2v) is 5.11. The molecule has 0 spiro atoms. The molecule has 1 aliphatic rings. The number of aliphatic carboxylic acids is 1. The van der Waals surface area contributed by atoms with E-state index in [1.807, 2.05) is 0 Å². The van der Waals surface area contributed by atoms with Gasteiger partial charge in [0.2, 0.25) is 0 Å². The molecule has 0 unspecified atom stereocenters. The predicted molar refractivity (Wildman–Crippen MR) is 69.0 cm³/mol. The number of rotatable bonds is 6. The van der Waals surface area contributed by atoms with Gasteiger partial charge in [-0.15, -0.1) is 0 Å².